The fourth-order valence-corrected chi connectivity index (χ4v) is 2.75. The van der Waals surface area contributed by atoms with Gasteiger partial charge in [0.15, 0.2) is 0 Å². The molecule has 2 N–H and O–H groups in total. The van der Waals surface area contributed by atoms with E-state index in [-0.39, 0.29) is 11.3 Å². The normalized spacial score (nSPS) is 14.5. The number of nitrogens with zero attached hydrogens (tertiary/aromatic N) is 1. The quantitative estimate of drug-likeness (QED) is 0.866. The summed E-state index contributed by atoms with van der Waals surface area (Å²) >= 11 is 0. The highest BCUT2D eigenvalue weighted by molar-refractivity contribution is 7.90. The molecule has 0 unspecified atom stereocenters. The van der Waals surface area contributed by atoms with Crippen LogP contribution in [0.25, 0.3) is 0 Å². The van der Waals surface area contributed by atoms with Crippen LogP contribution in [-0.2, 0) is 23.1 Å². The fraction of sp³-hybridized carbons (Fsp3) is 0.417. The van der Waals surface area contributed by atoms with Gasteiger partial charge in [0, 0.05) is 14.1 Å². The second-order valence-electron chi connectivity index (χ2n) is 4.71. The van der Waals surface area contributed by atoms with Crippen LogP contribution in [0.1, 0.15) is 27.9 Å². The first-order chi connectivity index (χ1) is 8.81. The highest BCUT2D eigenvalue weighted by Crippen LogP contribution is 2.29. The molecule has 7 heteroatoms. The molecule has 104 valence electrons. The van der Waals surface area contributed by atoms with Crippen molar-refractivity contribution in [1.82, 2.24) is 4.31 Å². The van der Waals surface area contributed by atoms with Gasteiger partial charge >= 0.3 is 16.2 Å². The number of nitrogens with one attached hydrogen (secondary N) is 1. The van der Waals surface area contributed by atoms with Gasteiger partial charge in [-0.15, -0.1) is 0 Å². The van der Waals surface area contributed by atoms with E-state index in [4.69, 9.17) is 0 Å². The first-order valence-corrected chi connectivity index (χ1v) is 7.34. The Morgan fingerprint density at radius 1 is 1.26 bits per heavy atom. The van der Waals surface area contributed by atoms with Gasteiger partial charge in [-0.25, -0.2) is 4.79 Å². The molecular formula is C12H16N2O4S. The topological polar surface area (TPSA) is 86.7 Å². The van der Waals surface area contributed by atoms with Gasteiger partial charge in [0.05, 0.1) is 11.3 Å². The van der Waals surface area contributed by atoms with Crippen LogP contribution < -0.4 is 4.72 Å². The van der Waals surface area contributed by atoms with E-state index in [0.717, 1.165) is 34.7 Å². The van der Waals surface area contributed by atoms with Gasteiger partial charge < -0.3 is 5.11 Å². The van der Waals surface area contributed by atoms with Crippen molar-refractivity contribution in [2.75, 3.05) is 18.8 Å². The Morgan fingerprint density at radius 2 is 1.84 bits per heavy atom. The number of aryl methyl sites for hydroxylation is 2. The first kappa shape index (κ1) is 13.8. The number of carboxylic acids is 1. The Labute approximate surface area is 112 Å². The van der Waals surface area contributed by atoms with E-state index < -0.39 is 16.2 Å². The average Bonchev–Trinajstić information content (AvgIpc) is 2.73. The molecule has 6 nitrogen and oxygen atoms in total. The Balaban J connectivity index is 2.47. The second-order valence-corrected chi connectivity index (χ2v) is 6.60. The van der Waals surface area contributed by atoms with E-state index in [9.17, 15) is 18.3 Å². The van der Waals surface area contributed by atoms with Crippen molar-refractivity contribution < 1.29 is 18.3 Å². The maximum absolute atomic E-state index is 11.8. The molecule has 0 radical (unpaired) electrons. The number of hydrogen-bond acceptors (Lipinski definition) is 3. The molecule has 0 fully saturated rings. The molecule has 1 aliphatic rings. The minimum absolute atomic E-state index is 0.00826. The van der Waals surface area contributed by atoms with Gasteiger partial charge in [0.2, 0.25) is 0 Å². The molecule has 0 bridgehead atoms. The third-order valence-electron chi connectivity index (χ3n) is 3.18. The Kier molecular flexibility index (Phi) is 3.51. The lowest BCUT2D eigenvalue weighted by molar-refractivity contribution is 0.0698. The monoisotopic (exact) mass is 284 g/mol. The van der Waals surface area contributed by atoms with Crippen LogP contribution in [-0.4, -0.2) is 37.9 Å². The summed E-state index contributed by atoms with van der Waals surface area (Å²) in [6.07, 6.45) is 2.67. The van der Waals surface area contributed by atoms with Crippen molar-refractivity contribution in [1.29, 1.82) is 0 Å². The van der Waals surface area contributed by atoms with E-state index in [1.165, 1.54) is 14.1 Å². The van der Waals surface area contributed by atoms with Crippen molar-refractivity contribution in [3.63, 3.8) is 0 Å². The highest BCUT2D eigenvalue weighted by atomic mass is 32.2. The van der Waals surface area contributed by atoms with Gasteiger partial charge in [0.1, 0.15) is 0 Å². The van der Waals surface area contributed by atoms with Crippen molar-refractivity contribution in [2.45, 2.75) is 19.3 Å². The minimum atomic E-state index is -3.70. The molecule has 0 aliphatic heterocycles. The molecular weight excluding hydrogens is 268 g/mol. The maximum Gasteiger partial charge on any atom is 0.337 e. The van der Waals surface area contributed by atoms with E-state index in [2.05, 4.69) is 4.72 Å². The Hall–Kier alpha value is -1.60. The number of rotatable bonds is 4. The summed E-state index contributed by atoms with van der Waals surface area (Å²) in [7, 11) is -0.935. The van der Waals surface area contributed by atoms with Gasteiger partial charge in [-0.1, -0.05) is 0 Å². The number of anilines is 1. The van der Waals surface area contributed by atoms with Crippen molar-refractivity contribution >= 4 is 21.9 Å². The Bertz CT molecular complexity index is 623. The molecule has 0 heterocycles. The SMILES string of the molecule is CN(C)S(=O)(=O)Nc1cc2c(cc1C(=O)O)CCC2. The molecule has 0 saturated heterocycles. The Morgan fingerprint density at radius 3 is 2.37 bits per heavy atom. The van der Waals surface area contributed by atoms with Crippen molar-refractivity contribution in [2.24, 2.45) is 0 Å². The molecule has 0 aromatic heterocycles. The number of carboxylic acid groups (broad SMARTS) is 1. The van der Waals surface area contributed by atoms with E-state index >= 15 is 0 Å². The lowest BCUT2D eigenvalue weighted by Crippen LogP contribution is -2.29. The highest BCUT2D eigenvalue weighted by Gasteiger charge is 2.22. The van der Waals surface area contributed by atoms with E-state index in [1.807, 2.05) is 0 Å². The third-order valence-corrected chi connectivity index (χ3v) is 4.62. The smallest absolute Gasteiger partial charge is 0.337 e. The third kappa shape index (κ3) is 2.71. The van der Waals surface area contributed by atoms with Crippen LogP contribution in [0.4, 0.5) is 5.69 Å². The molecule has 0 saturated carbocycles. The molecule has 0 spiro atoms. The summed E-state index contributed by atoms with van der Waals surface area (Å²) < 4.78 is 26.9. The molecule has 1 aromatic rings. The second kappa shape index (κ2) is 4.82. The van der Waals surface area contributed by atoms with Gasteiger partial charge in [-0.05, 0) is 42.5 Å². The summed E-state index contributed by atoms with van der Waals surface area (Å²) in [4.78, 5) is 11.2. The summed E-state index contributed by atoms with van der Waals surface area (Å²) in [5, 5.41) is 9.18. The number of hydrogen-bond donors (Lipinski definition) is 2. The predicted octanol–water partition coefficient (Wildman–Crippen LogP) is 1.09. The summed E-state index contributed by atoms with van der Waals surface area (Å²) in [6.45, 7) is 0. The zero-order valence-corrected chi connectivity index (χ0v) is 11.6. The van der Waals surface area contributed by atoms with Gasteiger partial charge in [0.25, 0.3) is 0 Å². The number of fused-ring (bicyclic) bond motifs is 1. The fourth-order valence-electron chi connectivity index (χ4n) is 2.12. The predicted molar refractivity (Wildman–Crippen MR) is 71.7 cm³/mol. The molecule has 1 aliphatic carbocycles. The number of benzene rings is 1. The minimum Gasteiger partial charge on any atom is -0.478 e. The van der Waals surface area contributed by atoms with Crippen LogP contribution in [0.5, 0.6) is 0 Å². The summed E-state index contributed by atoms with van der Waals surface area (Å²) in [6, 6.07) is 3.20. The molecule has 2 rings (SSSR count). The zero-order chi connectivity index (χ0) is 14.2. The van der Waals surface area contributed by atoms with Crippen LogP contribution in [0, 0.1) is 0 Å². The molecule has 0 amide bonds. The van der Waals surface area contributed by atoms with Crippen molar-refractivity contribution in [3.05, 3.63) is 28.8 Å². The zero-order valence-electron chi connectivity index (χ0n) is 10.8. The summed E-state index contributed by atoms with van der Waals surface area (Å²) in [5.41, 5.74) is 2.12. The summed E-state index contributed by atoms with van der Waals surface area (Å²) in [5.74, 6) is -1.13. The van der Waals surface area contributed by atoms with Crippen LogP contribution in [0.3, 0.4) is 0 Å². The van der Waals surface area contributed by atoms with Gasteiger partial charge in [-0.2, -0.15) is 12.7 Å². The standard InChI is InChI=1S/C12H16N2O4S/c1-14(2)19(17,18)13-11-7-9-5-3-4-8(9)6-10(11)12(15)16/h6-7,13H,3-5H2,1-2H3,(H,15,16). The lowest BCUT2D eigenvalue weighted by Gasteiger charge is -2.16. The largest absolute Gasteiger partial charge is 0.478 e. The van der Waals surface area contributed by atoms with Crippen LogP contribution in [0.15, 0.2) is 12.1 Å². The maximum atomic E-state index is 11.8. The number of aromatic carboxylic acids is 1. The average molecular weight is 284 g/mol. The molecule has 0 atom stereocenters. The van der Waals surface area contributed by atoms with Crippen LogP contribution >= 0.6 is 0 Å². The van der Waals surface area contributed by atoms with Crippen molar-refractivity contribution in [3.8, 4) is 0 Å². The van der Waals surface area contributed by atoms with E-state index in [0.29, 0.717) is 0 Å². The molecule has 19 heavy (non-hydrogen) atoms. The number of carbonyl (C=O) groups is 1. The molecule has 1 aromatic carbocycles. The lowest BCUT2D eigenvalue weighted by atomic mass is 10.0. The van der Waals surface area contributed by atoms with E-state index in [1.54, 1.807) is 12.1 Å². The van der Waals surface area contributed by atoms with Gasteiger partial charge in [-0.3, -0.25) is 4.72 Å². The van der Waals surface area contributed by atoms with Crippen LogP contribution in [0.2, 0.25) is 0 Å². The first-order valence-electron chi connectivity index (χ1n) is 5.90.